The maximum atomic E-state index is 11.8. The molecule has 0 heterocycles. The van der Waals surface area contributed by atoms with Crippen LogP contribution in [-0.4, -0.2) is 46.1 Å². The minimum atomic E-state index is -4.43. The number of aliphatic hydroxyl groups is 1. The zero-order chi connectivity index (χ0) is 15.9. The van der Waals surface area contributed by atoms with E-state index in [0.29, 0.717) is 6.42 Å². The molecule has 0 saturated heterocycles. The number of alkyl halides is 3. The Morgan fingerprint density at radius 1 is 1.19 bits per heavy atom. The molecule has 5 nitrogen and oxygen atoms in total. The molecular formula is C12H16F3NO4S. The highest BCUT2D eigenvalue weighted by molar-refractivity contribution is 7.89. The average Bonchev–Trinajstić information content (AvgIpc) is 2.38. The Hall–Kier alpha value is -1.16. The fourth-order valence-electron chi connectivity index (χ4n) is 1.48. The molecule has 21 heavy (non-hydrogen) atoms. The first-order chi connectivity index (χ1) is 9.74. The third-order valence-electron chi connectivity index (χ3n) is 2.44. The molecule has 0 fully saturated rings. The zero-order valence-electron chi connectivity index (χ0n) is 11.1. The van der Waals surface area contributed by atoms with Crippen molar-refractivity contribution in [2.75, 3.05) is 26.4 Å². The van der Waals surface area contributed by atoms with Crippen LogP contribution in [0.4, 0.5) is 13.2 Å². The quantitative estimate of drug-likeness (QED) is 0.701. The van der Waals surface area contributed by atoms with E-state index in [-0.39, 0.29) is 24.7 Å². The minimum Gasteiger partial charge on any atom is -0.396 e. The van der Waals surface area contributed by atoms with Gasteiger partial charge < -0.3 is 9.84 Å². The fraction of sp³-hybridized carbons (Fsp3) is 0.500. The first-order valence-corrected chi connectivity index (χ1v) is 7.57. The Balaban J connectivity index is 2.46. The van der Waals surface area contributed by atoms with Crippen LogP contribution >= 0.6 is 0 Å². The van der Waals surface area contributed by atoms with Crippen molar-refractivity contribution in [2.45, 2.75) is 17.5 Å². The largest absolute Gasteiger partial charge is 0.411 e. The fourth-order valence-corrected chi connectivity index (χ4v) is 2.50. The average molecular weight is 327 g/mol. The van der Waals surface area contributed by atoms with Crippen LogP contribution in [0.25, 0.3) is 0 Å². The summed E-state index contributed by atoms with van der Waals surface area (Å²) in [7, 11) is -3.78. The number of aliphatic hydroxyl groups excluding tert-OH is 1. The maximum Gasteiger partial charge on any atom is 0.411 e. The third-order valence-corrected chi connectivity index (χ3v) is 3.92. The Morgan fingerprint density at radius 3 is 2.33 bits per heavy atom. The van der Waals surface area contributed by atoms with Crippen molar-refractivity contribution in [3.63, 3.8) is 0 Å². The number of rotatable bonds is 8. The van der Waals surface area contributed by atoms with Gasteiger partial charge in [-0.2, -0.15) is 13.2 Å². The summed E-state index contributed by atoms with van der Waals surface area (Å²) in [5.41, 5.74) is 0.782. The van der Waals surface area contributed by atoms with Crippen LogP contribution in [0.1, 0.15) is 5.56 Å². The van der Waals surface area contributed by atoms with E-state index < -0.39 is 22.8 Å². The number of hydrogen-bond acceptors (Lipinski definition) is 4. The number of benzene rings is 1. The molecular weight excluding hydrogens is 311 g/mol. The van der Waals surface area contributed by atoms with Crippen molar-refractivity contribution in [1.82, 2.24) is 4.72 Å². The van der Waals surface area contributed by atoms with Crippen molar-refractivity contribution in [3.05, 3.63) is 29.8 Å². The van der Waals surface area contributed by atoms with E-state index in [1.807, 2.05) is 0 Å². The highest BCUT2D eigenvalue weighted by Gasteiger charge is 2.27. The summed E-state index contributed by atoms with van der Waals surface area (Å²) in [6, 6.07) is 5.85. The lowest BCUT2D eigenvalue weighted by Gasteiger charge is -2.09. The second kappa shape index (κ2) is 7.74. The van der Waals surface area contributed by atoms with E-state index >= 15 is 0 Å². The summed E-state index contributed by atoms with van der Waals surface area (Å²) in [5, 5.41) is 8.75. The molecule has 0 radical (unpaired) electrons. The second-order valence-corrected chi connectivity index (χ2v) is 5.95. The molecule has 0 aliphatic heterocycles. The van der Waals surface area contributed by atoms with E-state index in [2.05, 4.69) is 9.46 Å². The number of ether oxygens (including phenoxy) is 1. The monoisotopic (exact) mass is 327 g/mol. The van der Waals surface area contributed by atoms with Gasteiger partial charge in [0.2, 0.25) is 10.0 Å². The van der Waals surface area contributed by atoms with Crippen LogP contribution in [-0.2, 0) is 21.2 Å². The third kappa shape index (κ3) is 6.89. The van der Waals surface area contributed by atoms with Crippen LogP contribution in [0, 0.1) is 0 Å². The molecule has 0 aromatic heterocycles. The van der Waals surface area contributed by atoms with Crippen molar-refractivity contribution in [2.24, 2.45) is 0 Å². The van der Waals surface area contributed by atoms with Gasteiger partial charge in [-0.05, 0) is 24.1 Å². The zero-order valence-corrected chi connectivity index (χ0v) is 11.9. The molecule has 0 bridgehead atoms. The molecule has 0 aliphatic carbocycles. The summed E-state index contributed by atoms with van der Waals surface area (Å²) in [6.07, 6.45) is -4.01. The molecule has 120 valence electrons. The molecule has 0 aliphatic rings. The van der Waals surface area contributed by atoms with Crippen LogP contribution in [0.15, 0.2) is 29.2 Å². The predicted molar refractivity (Wildman–Crippen MR) is 69.3 cm³/mol. The second-order valence-electron chi connectivity index (χ2n) is 4.18. The van der Waals surface area contributed by atoms with E-state index in [4.69, 9.17) is 5.11 Å². The van der Waals surface area contributed by atoms with E-state index in [0.717, 1.165) is 5.56 Å². The molecule has 0 unspecified atom stereocenters. The first-order valence-electron chi connectivity index (χ1n) is 6.08. The topological polar surface area (TPSA) is 75.6 Å². The van der Waals surface area contributed by atoms with Gasteiger partial charge in [-0.1, -0.05) is 12.1 Å². The van der Waals surface area contributed by atoms with Crippen LogP contribution in [0.3, 0.4) is 0 Å². The van der Waals surface area contributed by atoms with Crippen LogP contribution in [0.5, 0.6) is 0 Å². The predicted octanol–water partition coefficient (Wildman–Crippen LogP) is 1.08. The van der Waals surface area contributed by atoms with Gasteiger partial charge in [0.25, 0.3) is 0 Å². The summed E-state index contributed by atoms with van der Waals surface area (Å²) in [4.78, 5) is 0.0000104. The van der Waals surface area contributed by atoms with Crippen molar-refractivity contribution in [1.29, 1.82) is 0 Å². The Kier molecular flexibility index (Phi) is 6.59. The molecule has 1 aromatic carbocycles. The SMILES string of the molecule is O=S(=O)(NCCOCC(F)(F)F)c1ccc(CCO)cc1. The number of sulfonamides is 1. The molecule has 0 saturated carbocycles. The Bertz CT molecular complexity index is 528. The Labute approximate surface area is 120 Å². The lowest BCUT2D eigenvalue weighted by Crippen LogP contribution is -2.29. The highest BCUT2D eigenvalue weighted by atomic mass is 32.2. The van der Waals surface area contributed by atoms with Gasteiger partial charge in [0.15, 0.2) is 0 Å². The van der Waals surface area contributed by atoms with Gasteiger partial charge in [-0.3, -0.25) is 0 Å². The van der Waals surface area contributed by atoms with Crippen LogP contribution < -0.4 is 4.72 Å². The molecule has 1 aromatic rings. The van der Waals surface area contributed by atoms with Crippen molar-refractivity contribution in [3.8, 4) is 0 Å². The van der Waals surface area contributed by atoms with Crippen molar-refractivity contribution >= 4 is 10.0 Å². The van der Waals surface area contributed by atoms with Gasteiger partial charge in [0, 0.05) is 13.2 Å². The van der Waals surface area contributed by atoms with E-state index in [1.165, 1.54) is 12.1 Å². The summed E-state index contributed by atoms with van der Waals surface area (Å²) < 4.78 is 65.5. The number of nitrogens with one attached hydrogen (secondary N) is 1. The molecule has 0 atom stereocenters. The minimum absolute atomic E-state index is 0.0000104. The lowest BCUT2D eigenvalue weighted by molar-refractivity contribution is -0.173. The number of halogens is 3. The molecule has 0 amide bonds. The van der Waals surface area contributed by atoms with Crippen molar-refractivity contribution < 1.29 is 31.4 Å². The van der Waals surface area contributed by atoms with Gasteiger partial charge in [0.05, 0.1) is 11.5 Å². The normalized spacial score (nSPS) is 12.6. The molecule has 1 rings (SSSR count). The summed E-state index contributed by atoms with van der Waals surface area (Å²) in [5.74, 6) is 0. The maximum absolute atomic E-state index is 11.8. The van der Waals surface area contributed by atoms with E-state index in [1.54, 1.807) is 12.1 Å². The standard InChI is InChI=1S/C12H16F3NO4S/c13-12(14,15)9-20-8-6-16-21(18,19)11-3-1-10(2-4-11)5-7-17/h1-4,16-17H,5-9H2. The molecule has 0 spiro atoms. The van der Waals surface area contributed by atoms with E-state index in [9.17, 15) is 21.6 Å². The smallest absolute Gasteiger partial charge is 0.396 e. The Morgan fingerprint density at radius 2 is 1.81 bits per heavy atom. The summed E-state index contributed by atoms with van der Waals surface area (Å²) >= 11 is 0. The first kappa shape index (κ1) is 17.9. The molecule has 2 N–H and O–H groups in total. The summed E-state index contributed by atoms with van der Waals surface area (Å²) in [6.45, 7) is -2.08. The van der Waals surface area contributed by atoms with Gasteiger partial charge >= 0.3 is 6.18 Å². The van der Waals surface area contributed by atoms with Gasteiger partial charge in [-0.25, -0.2) is 13.1 Å². The van der Waals surface area contributed by atoms with Gasteiger partial charge in [0.1, 0.15) is 6.61 Å². The lowest BCUT2D eigenvalue weighted by atomic mass is 10.2. The molecule has 9 heteroatoms. The van der Waals surface area contributed by atoms with Crippen LogP contribution in [0.2, 0.25) is 0 Å². The highest BCUT2D eigenvalue weighted by Crippen LogP contribution is 2.14. The van der Waals surface area contributed by atoms with Gasteiger partial charge in [-0.15, -0.1) is 0 Å². The number of hydrogen-bond donors (Lipinski definition) is 2.